The van der Waals surface area contributed by atoms with Gasteiger partial charge in [-0.25, -0.2) is 13.1 Å². The number of carbonyl (C=O) groups excluding carboxylic acids is 1. The van der Waals surface area contributed by atoms with Crippen molar-refractivity contribution >= 4 is 33.8 Å². The minimum atomic E-state index is -3.92. The minimum absolute atomic E-state index is 0.0122. The fourth-order valence-electron chi connectivity index (χ4n) is 3.20. The molecule has 0 aliphatic heterocycles. The number of sulfonamides is 1. The monoisotopic (exact) mass is 485 g/mol. The number of aryl methyl sites for hydroxylation is 1. The minimum Gasteiger partial charge on any atom is -0.495 e. The molecule has 0 aliphatic rings. The van der Waals surface area contributed by atoms with E-state index in [1.54, 1.807) is 43.3 Å². The van der Waals surface area contributed by atoms with Crippen molar-refractivity contribution in [3.63, 3.8) is 0 Å². The van der Waals surface area contributed by atoms with E-state index in [0.29, 0.717) is 40.6 Å². The number of nitrogens with zero attached hydrogens (tertiary/aromatic N) is 1. The summed E-state index contributed by atoms with van der Waals surface area (Å²) < 4.78 is 45.0. The summed E-state index contributed by atoms with van der Waals surface area (Å²) in [5.41, 5.74) is 2.29. The van der Waals surface area contributed by atoms with Crippen molar-refractivity contribution in [2.24, 2.45) is 0 Å². The van der Waals surface area contributed by atoms with Crippen LogP contribution in [-0.4, -0.2) is 33.2 Å². The van der Waals surface area contributed by atoms with Crippen LogP contribution < -0.4 is 19.5 Å². The number of nitrogens with one attached hydrogen (secondary N) is 2. The molecule has 0 bridgehead atoms. The summed E-state index contributed by atoms with van der Waals surface area (Å²) in [4.78, 5) is 11.4. The van der Waals surface area contributed by atoms with E-state index in [-0.39, 0.29) is 23.1 Å². The Bertz CT molecular complexity index is 1300. The molecule has 2 aromatic carbocycles. The Balaban J connectivity index is 1.87. The molecule has 1 amide bonds. The van der Waals surface area contributed by atoms with Gasteiger partial charge in [0.2, 0.25) is 15.9 Å². The molecule has 0 saturated heterocycles. The smallest absolute Gasteiger partial charge is 0.244 e. The lowest BCUT2D eigenvalue weighted by Gasteiger charge is -2.13. The van der Waals surface area contributed by atoms with Crippen LogP contribution in [0, 0.1) is 6.92 Å². The molecule has 0 fully saturated rings. The molecule has 10 heteroatoms. The van der Waals surface area contributed by atoms with E-state index >= 15 is 0 Å². The Labute approximate surface area is 198 Å². The summed E-state index contributed by atoms with van der Waals surface area (Å²) in [6.07, 6.45) is 3.27. The normalized spacial score (nSPS) is 11.5. The van der Waals surface area contributed by atoms with Crippen LogP contribution >= 0.6 is 0 Å². The second kappa shape index (κ2) is 11.0. The molecule has 0 unspecified atom stereocenters. The van der Waals surface area contributed by atoms with E-state index in [0.717, 1.165) is 0 Å². The lowest BCUT2D eigenvalue weighted by Crippen LogP contribution is -2.24. The summed E-state index contributed by atoms with van der Waals surface area (Å²) in [6, 6.07) is 12.0. The Morgan fingerprint density at radius 2 is 1.91 bits per heavy atom. The molecule has 0 atom stereocenters. The van der Waals surface area contributed by atoms with Crippen molar-refractivity contribution in [3.05, 3.63) is 65.0 Å². The number of methoxy groups -OCH3 is 1. The van der Waals surface area contributed by atoms with Gasteiger partial charge in [0.25, 0.3) is 0 Å². The largest absolute Gasteiger partial charge is 0.495 e. The van der Waals surface area contributed by atoms with Crippen LogP contribution in [0.2, 0.25) is 0 Å². The summed E-state index contributed by atoms with van der Waals surface area (Å²) in [5.74, 6) is 0.917. The first-order valence-electron chi connectivity index (χ1n) is 10.6. The van der Waals surface area contributed by atoms with Crippen molar-refractivity contribution < 1.29 is 27.2 Å². The van der Waals surface area contributed by atoms with Crippen LogP contribution in [0.5, 0.6) is 11.5 Å². The van der Waals surface area contributed by atoms with E-state index in [9.17, 15) is 13.2 Å². The van der Waals surface area contributed by atoms with Gasteiger partial charge in [-0.2, -0.15) is 0 Å². The first kappa shape index (κ1) is 25.0. The zero-order valence-electron chi connectivity index (χ0n) is 19.4. The molecule has 0 spiro atoms. The molecular formula is C24H27N3O6S. The quantitative estimate of drug-likeness (QED) is 0.445. The van der Waals surface area contributed by atoms with Crippen LogP contribution in [0.1, 0.15) is 36.4 Å². The van der Waals surface area contributed by atoms with Crippen LogP contribution in [0.15, 0.2) is 51.9 Å². The molecule has 0 aliphatic carbocycles. The molecule has 0 radical (unpaired) electrons. The first-order chi connectivity index (χ1) is 16.2. The fourth-order valence-corrected chi connectivity index (χ4v) is 4.41. The zero-order valence-corrected chi connectivity index (χ0v) is 20.2. The Morgan fingerprint density at radius 3 is 2.62 bits per heavy atom. The Hall–Kier alpha value is -3.63. The van der Waals surface area contributed by atoms with Crippen molar-refractivity contribution in [2.75, 3.05) is 19.0 Å². The van der Waals surface area contributed by atoms with Gasteiger partial charge in [-0.1, -0.05) is 35.5 Å². The summed E-state index contributed by atoms with van der Waals surface area (Å²) in [6.45, 7) is 5.49. The third-order valence-corrected chi connectivity index (χ3v) is 6.24. The molecule has 1 aromatic heterocycles. The average Bonchev–Trinajstić information content (AvgIpc) is 3.15. The number of hydrogen-bond acceptors (Lipinski definition) is 7. The Kier molecular flexibility index (Phi) is 8.08. The highest BCUT2D eigenvalue weighted by Crippen LogP contribution is 2.28. The summed E-state index contributed by atoms with van der Waals surface area (Å²) in [7, 11) is -2.51. The summed E-state index contributed by atoms with van der Waals surface area (Å²) in [5, 5.41) is 6.54. The van der Waals surface area contributed by atoms with Gasteiger partial charge in [-0.3, -0.25) is 4.79 Å². The van der Waals surface area contributed by atoms with Gasteiger partial charge in [0, 0.05) is 19.0 Å². The van der Waals surface area contributed by atoms with Crippen molar-refractivity contribution in [3.8, 4) is 11.5 Å². The maximum Gasteiger partial charge on any atom is 0.244 e. The highest BCUT2D eigenvalue weighted by molar-refractivity contribution is 7.89. The second-order valence-corrected chi connectivity index (χ2v) is 9.03. The number of ether oxygens (including phenoxy) is 2. The maximum absolute atomic E-state index is 13.1. The molecule has 1 heterocycles. The molecule has 9 nitrogen and oxygen atoms in total. The molecule has 34 heavy (non-hydrogen) atoms. The predicted octanol–water partition coefficient (Wildman–Crippen LogP) is 4.00. The summed E-state index contributed by atoms with van der Waals surface area (Å²) >= 11 is 0. The Morgan fingerprint density at radius 1 is 1.15 bits per heavy atom. The maximum atomic E-state index is 13.1. The second-order valence-electron chi connectivity index (χ2n) is 7.30. The van der Waals surface area contributed by atoms with Gasteiger partial charge in [0.1, 0.15) is 27.8 Å². The van der Waals surface area contributed by atoms with Crippen LogP contribution in [0.4, 0.5) is 5.69 Å². The lowest BCUT2D eigenvalue weighted by molar-refractivity contribution is -0.114. The van der Waals surface area contributed by atoms with E-state index < -0.39 is 10.0 Å². The fraction of sp³-hybridized carbons (Fsp3) is 0.250. The standard InChI is InChI=1S/C24H27N3O6S/c1-5-32-20-9-7-6-8-19(20)15-25-34(29,30)23-14-18(10-12-21(23)31-4)11-13-22-24(26-17(3)28)16(2)27-33-22/h6-14,25H,5,15H2,1-4H3,(H,26,28). The van der Waals surface area contributed by atoms with E-state index in [1.807, 2.05) is 19.1 Å². The first-order valence-corrected chi connectivity index (χ1v) is 12.0. The van der Waals surface area contributed by atoms with Crippen LogP contribution in [0.3, 0.4) is 0 Å². The van der Waals surface area contributed by atoms with Gasteiger partial charge in [-0.15, -0.1) is 0 Å². The van der Waals surface area contributed by atoms with Crippen molar-refractivity contribution in [1.82, 2.24) is 9.88 Å². The predicted molar refractivity (Wildman–Crippen MR) is 129 cm³/mol. The van der Waals surface area contributed by atoms with E-state index in [2.05, 4.69) is 15.2 Å². The van der Waals surface area contributed by atoms with E-state index in [4.69, 9.17) is 14.0 Å². The van der Waals surface area contributed by atoms with Crippen LogP contribution in [0.25, 0.3) is 12.2 Å². The van der Waals surface area contributed by atoms with Gasteiger partial charge in [-0.05, 0) is 43.7 Å². The third kappa shape index (κ3) is 6.03. The highest BCUT2D eigenvalue weighted by Gasteiger charge is 2.20. The van der Waals surface area contributed by atoms with Crippen molar-refractivity contribution in [2.45, 2.75) is 32.2 Å². The average molecular weight is 486 g/mol. The van der Waals surface area contributed by atoms with Gasteiger partial charge in [0.05, 0.1) is 13.7 Å². The number of hydrogen-bond donors (Lipinski definition) is 2. The van der Waals surface area contributed by atoms with Crippen LogP contribution in [-0.2, 0) is 21.4 Å². The molecule has 0 saturated carbocycles. The van der Waals surface area contributed by atoms with Crippen molar-refractivity contribution in [1.29, 1.82) is 0 Å². The molecular weight excluding hydrogens is 458 g/mol. The number of amides is 1. The van der Waals surface area contributed by atoms with Gasteiger partial charge < -0.3 is 19.3 Å². The number of anilines is 1. The lowest BCUT2D eigenvalue weighted by atomic mass is 10.2. The molecule has 2 N–H and O–H groups in total. The zero-order chi connectivity index (χ0) is 24.7. The SMILES string of the molecule is CCOc1ccccc1CNS(=O)(=O)c1cc(C=Cc2onc(C)c2NC(C)=O)ccc1OC. The molecule has 180 valence electrons. The molecule has 3 aromatic rings. The number of aromatic nitrogens is 1. The van der Waals surface area contributed by atoms with Gasteiger partial charge >= 0.3 is 0 Å². The number of para-hydroxylation sites is 1. The number of carbonyl (C=O) groups is 1. The highest BCUT2D eigenvalue weighted by atomic mass is 32.2. The number of rotatable bonds is 10. The molecule has 3 rings (SSSR count). The van der Waals surface area contributed by atoms with E-state index in [1.165, 1.54) is 20.1 Å². The van der Waals surface area contributed by atoms with Gasteiger partial charge in [0.15, 0.2) is 5.76 Å². The topological polar surface area (TPSA) is 120 Å². The number of benzene rings is 2. The third-order valence-electron chi connectivity index (χ3n) is 4.82.